The second-order valence-corrected chi connectivity index (χ2v) is 6.10. The monoisotopic (exact) mass is 391 g/mol. The molecule has 2 aromatic rings. The molecule has 2 aromatic carbocycles. The summed E-state index contributed by atoms with van der Waals surface area (Å²) in [6.45, 7) is -0.365. The summed E-state index contributed by atoms with van der Waals surface area (Å²) in [7, 11) is 1.75. The Hall–Kier alpha value is -3.00. The Kier molecular flexibility index (Phi) is 7.88. The molecule has 0 heterocycles. The SMILES string of the molecule is CCNC(=O)NC(=O)[C@H](c1ccccc1)N(C)Cc1ccc(OC(F)F)cc1. The number of urea groups is 1. The molecule has 0 bridgehead atoms. The average Bonchev–Trinajstić information content (AvgIpc) is 2.64. The van der Waals surface area contributed by atoms with Gasteiger partial charge in [-0.3, -0.25) is 15.0 Å². The number of halogens is 2. The Morgan fingerprint density at radius 1 is 1.07 bits per heavy atom. The van der Waals surface area contributed by atoms with Crippen molar-refractivity contribution in [1.29, 1.82) is 0 Å². The molecule has 3 amide bonds. The second-order valence-electron chi connectivity index (χ2n) is 6.10. The second kappa shape index (κ2) is 10.4. The van der Waals surface area contributed by atoms with Crippen molar-refractivity contribution >= 4 is 11.9 Å². The lowest BCUT2D eigenvalue weighted by Gasteiger charge is -2.27. The van der Waals surface area contributed by atoms with E-state index in [9.17, 15) is 18.4 Å². The van der Waals surface area contributed by atoms with Crippen LogP contribution in [0.2, 0.25) is 0 Å². The Morgan fingerprint density at radius 3 is 2.29 bits per heavy atom. The minimum atomic E-state index is -2.88. The van der Waals surface area contributed by atoms with Gasteiger partial charge in [0.15, 0.2) is 0 Å². The number of carbonyl (C=O) groups is 2. The van der Waals surface area contributed by atoms with E-state index in [2.05, 4.69) is 15.4 Å². The van der Waals surface area contributed by atoms with E-state index in [0.29, 0.717) is 13.1 Å². The van der Waals surface area contributed by atoms with Crippen LogP contribution in [0.15, 0.2) is 54.6 Å². The number of carbonyl (C=O) groups excluding carboxylic acids is 2. The summed E-state index contributed by atoms with van der Waals surface area (Å²) in [5, 5.41) is 4.87. The fourth-order valence-electron chi connectivity index (χ4n) is 2.78. The molecule has 2 N–H and O–H groups in total. The third-order valence-electron chi connectivity index (χ3n) is 3.96. The minimum absolute atomic E-state index is 0.0648. The number of hydrogen-bond acceptors (Lipinski definition) is 4. The van der Waals surface area contributed by atoms with Gasteiger partial charge in [0.1, 0.15) is 11.8 Å². The van der Waals surface area contributed by atoms with Crippen LogP contribution >= 0.6 is 0 Å². The summed E-state index contributed by atoms with van der Waals surface area (Å²) in [5.74, 6) is -0.396. The van der Waals surface area contributed by atoms with E-state index in [1.807, 2.05) is 18.2 Å². The van der Waals surface area contributed by atoms with E-state index < -0.39 is 24.6 Å². The van der Waals surface area contributed by atoms with E-state index in [4.69, 9.17) is 0 Å². The zero-order valence-electron chi connectivity index (χ0n) is 15.7. The highest BCUT2D eigenvalue weighted by atomic mass is 19.3. The molecule has 0 aliphatic carbocycles. The van der Waals surface area contributed by atoms with Crippen molar-refractivity contribution in [1.82, 2.24) is 15.5 Å². The lowest BCUT2D eigenvalue weighted by Crippen LogP contribution is -2.45. The number of benzene rings is 2. The van der Waals surface area contributed by atoms with Gasteiger partial charge in [-0.2, -0.15) is 8.78 Å². The Bertz CT molecular complexity index is 770. The molecular formula is C20H23F2N3O3. The summed E-state index contributed by atoms with van der Waals surface area (Å²) in [6, 6.07) is 14.0. The van der Waals surface area contributed by atoms with E-state index in [1.165, 1.54) is 12.1 Å². The summed E-state index contributed by atoms with van der Waals surface area (Å²) >= 11 is 0. The first-order chi connectivity index (χ1) is 13.4. The molecule has 8 heteroatoms. The van der Waals surface area contributed by atoms with Crippen LogP contribution in [0, 0.1) is 0 Å². The van der Waals surface area contributed by atoms with Crippen LogP contribution in [0.5, 0.6) is 5.75 Å². The number of rotatable bonds is 8. The number of hydrogen-bond donors (Lipinski definition) is 2. The normalized spacial score (nSPS) is 11.9. The summed E-state index contributed by atoms with van der Waals surface area (Å²) < 4.78 is 28.9. The summed E-state index contributed by atoms with van der Waals surface area (Å²) in [6.07, 6.45) is 0. The molecular weight excluding hydrogens is 368 g/mol. The van der Waals surface area contributed by atoms with Crippen molar-refractivity contribution in [3.05, 3.63) is 65.7 Å². The number of nitrogens with one attached hydrogen (secondary N) is 2. The quantitative estimate of drug-likeness (QED) is 0.724. The molecule has 0 radical (unpaired) electrons. The van der Waals surface area contributed by atoms with Crippen molar-refractivity contribution < 1.29 is 23.1 Å². The molecule has 6 nitrogen and oxygen atoms in total. The Morgan fingerprint density at radius 2 is 1.71 bits per heavy atom. The maximum absolute atomic E-state index is 12.7. The van der Waals surface area contributed by atoms with Crippen LogP contribution in [0.1, 0.15) is 24.1 Å². The van der Waals surface area contributed by atoms with Crippen LogP contribution in [-0.2, 0) is 11.3 Å². The van der Waals surface area contributed by atoms with Crippen LogP contribution in [-0.4, -0.2) is 37.0 Å². The number of ether oxygens (including phenoxy) is 1. The minimum Gasteiger partial charge on any atom is -0.435 e. The highest BCUT2D eigenvalue weighted by Crippen LogP contribution is 2.23. The topological polar surface area (TPSA) is 70.7 Å². The molecule has 150 valence electrons. The highest BCUT2D eigenvalue weighted by Gasteiger charge is 2.26. The molecule has 0 aliphatic rings. The fraction of sp³-hybridized carbons (Fsp3) is 0.300. The van der Waals surface area contributed by atoms with Crippen LogP contribution in [0.25, 0.3) is 0 Å². The van der Waals surface area contributed by atoms with Gasteiger partial charge in [-0.25, -0.2) is 4.79 Å². The van der Waals surface area contributed by atoms with E-state index in [0.717, 1.165) is 11.1 Å². The molecule has 0 aromatic heterocycles. The number of nitrogens with zero attached hydrogens (tertiary/aromatic N) is 1. The molecule has 0 saturated heterocycles. The predicted molar refractivity (Wildman–Crippen MR) is 101 cm³/mol. The van der Waals surface area contributed by atoms with Gasteiger partial charge in [-0.05, 0) is 37.2 Å². The molecule has 0 spiro atoms. The number of imide groups is 1. The van der Waals surface area contributed by atoms with Crippen molar-refractivity contribution in [3.8, 4) is 5.75 Å². The lowest BCUT2D eigenvalue weighted by atomic mass is 10.0. The summed E-state index contributed by atoms with van der Waals surface area (Å²) in [4.78, 5) is 26.2. The highest BCUT2D eigenvalue weighted by molar-refractivity contribution is 5.97. The zero-order valence-corrected chi connectivity index (χ0v) is 15.7. The first-order valence-corrected chi connectivity index (χ1v) is 8.78. The molecule has 0 aliphatic heterocycles. The molecule has 1 atom stereocenters. The maximum atomic E-state index is 12.7. The van der Waals surface area contributed by atoms with Gasteiger partial charge in [-0.15, -0.1) is 0 Å². The van der Waals surface area contributed by atoms with Gasteiger partial charge in [0.25, 0.3) is 0 Å². The molecule has 0 saturated carbocycles. The van der Waals surface area contributed by atoms with Gasteiger partial charge < -0.3 is 10.1 Å². The van der Waals surface area contributed by atoms with Crippen molar-refractivity contribution in [2.24, 2.45) is 0 Å². The molecule has 0 fully saturated rings. The average molecular weight is 391 g/mol. The van der Waals surface area contributed by atoms with Crippen LogP contribution in [0.3, 0.4) is 0 Å². The molecule has 2 rings (SSSR count). The Labute approximate surface area is 162 Å². The molecule has 0 unspecified atom stereocenters. The van der Waals surface area contributed by atoms with Gasteiger partial charge in [0, 0.05) is 13.1 Å². The smallest absolute Gasteiger partial charge is 0.387 e. The largest absolute Gasteiger partial charge is 0.435 e. The van der Waals surface area contributed by atoms with Crippen molar-refractivity contribution in [2.75, 3.05) is 13.6 Å². The van der Waals surface area contributed by atoms with E-state index in [-0.39, 0.29) is 5.75 Å². The first-order valence-electron chi connectivity index (χ1n) is 8.78. The lowest BCUT2D eigenvalue weighted by molar-refractivity contribution is -0.125. The number of alkyl halides is 2. The third kappa shape index (κ3) is 6.31. The van der Waals surface area contributed by atoms with E-state index >= 15 is 0 Å². The third-order valence-corrected chi connectivity index (χ3v) is 3.96. The van der Waals surface area contributed by atoms with Gasteiger partial charge in [0.05, 0.1) is 0 Å². The van der Waals surface area contributed by atoms with Gasteiger partial charge in [-0.1, -0.05) is 42.5 Å². The maximum Gasteiger partial charge on any atom is 0.387 e. The van der Waals surface area contributed by atoms with Crippen LogP contribution < -0.4 is 15.4 Å². The van der Waals surface area contributed by atoms with Gasteiger partial charge >= 0.3 is 12.6 Å². The van der Waals surface area contributed by atoms with E-state index in [1.54, 1.807) is 43.1 Å². The van der Waals surface area contributed by atoms with Crippen molar-refractivity contribution in [3.63, 3.8) is 0 Å². The van der Waals surface area contributed by atoms with Gasteiger partial charge in [0.2, 0.25) is 5.91 Å². The standard InChI is InChI=1S/C20H23F2N3O3/c1-3-23-20(27)24-18(26)17(15-7-5-4-6-8-15)25(2)13-14-9-11-16(12-10-14)28-19(21)22/h4-12,17,19H,3,13H2,1-2H3,(H2,23,24,26,27)/t17-/m0/s1. The number of amides is 3. The van der Waals surface area contributed by atoms with Crippen LogP contribution in [0.4, 0.5) is 13.6 Å². The number of likely N-dealkylation sites (N-methyl/N-ethyl adjacent to an activating group) is 1. The predicted octanol–water partition coefficient (Wildman–Crippen LogP) is 3.31. The Balaban J connectivity index is 2.15. The van der Waals surface area contributed by atoms with Crippen molar-refractivity contribution in [2.45, 2.75) is 26.1 Å². The molecule has 28 heavy (non-hydrogen) atoms. The zero-order chi connectivity index (χ0) is 20.5. The fourth-order valence-corrected chi connectivity index (χ4v) is 2.78. The summed E-state index contributed by atoms with van der Waals surface area (Å²) in [5.41, 5.74) is 1.53. The first kappa shape index (κ1) is 21.3.